The zero-order valence-corrected chi connectivity index (χ0v) is 14.5. The number of rotatable bonds is 3. The van der Waals surface area contributed by atoms with Crippen molar-refractivity contribution in [2.24, 2.45) is 0 Å². The lowest BCUT2D eigenvalue weighted by atomic mass is 10.1. The van der Waals surface area contributed by atoms with E-state index in [-0.39, 0.29) is 0 Å². The normalized spacial score (nSPS) is 11.4. The molecule has 0 unspecified atom stereocenters. The first-order valence-electron chi connectivity index (χ1n) is 7.55. The van der Waals surface area contributed by atoms with Crippen molar-refractivity contribution in [3.05, 3.63) is 84.9 Å². The van der Waals surface area contributed by atoms with Crippen LogP contribution in [0.3, 0.4) is 0 Å². The van der Waals surface area contributed by atoms with E-state index in [4.69, 9.17) is 4.12 Å². The largest absolute Gasteiger partial charge is 0.450 e. The van der Waals surface area contributed by atoms with Gasteiger partial charge in [-0.2, -0.15) is 0 Å². The zero-order valence-electron chi connectivity index (χ0n) is 12.5. The molecule has 4 aromatic carbocycles. The molecule has 0 saturated heterocycles. The molecule has 0 aliphatic carbocycles. The molecule has 4 aromatic rings. The van der Waals surface area contributed by atoms with Crippen molar-refractivity contribution >= 4 is 51.4 Å². The van der Waals surface area contributed by atoms with Crippen molar-refractivity contribution in [1.82, 2.24) is 0 Å². The van der Waals surface area contributed by atoms with Crippen LogP contribution in [-0.2, 0) is 4.12 Å². The molecule has 0 aliphatic heterocycles. The molecule has 0 heterocycles. The highest BCUT2D eigenvalue weighted by atomic mass is 28.3. The van der Waals surface area contributed by atoms with Gasteiger partial charge >= 0.3 is 0 Å². The summed E-state index contributed by atoms with van der Waals surface area (Å²) in [5.41, 5.74) is 0. The summed E-state index contributed by atoms with van der Waals surface area (Å²) in [6.45, 7) is 0. The van der Waals surface area contributed by atoms with Crippen LogP contribution in [0.1, 0.15) is 0 Å². The Bertz CT molecular complexity index is 891. The highest BCUT2D eigenvalue weighted by Crippen LogP contribution is 2.15. The van der Waals surface area contributed by atoms with Gasteiger partial charge in [-0.05, 0) is 31.9 Å². The molecule has 4 radical (unpaired) electrons. The van der Waals surface area contributed by atoms with Gasteiger partial charge in [-0.15, -0.1) is 0 Å². The first-order valence-corrected chi connectivity index (χ1v) is 9.37. The van der Waals surface area contributed by atoms with Crippen LogP contribution in [0.5, 0.6) is 0 Å². The fourth-order valence-corrected chi connectivity index (χ4v) is 5.71. The van der Waals surface area contributed by atoms with Crippen LogP contribution in [-0.4, -0.2) is 19.5 Å². The van der Waals surface area contributed by atoms with Gasteiger partial charge in [0.15, 0.2) is 0 Å². The third-order valence-corrected chi connectivity index (χ3v) is 6.84. The lowest BCUT2D eigenvalue weighted by Gasteiger charge is -2.17. The Labute approximate surface area is 140 Å². The average Bonchev–Trinajstić information content (AvgIpc) is 2.63. The molecule has 4 rings (SSSR count). The summed E-state index contributed by atoms with van der Waals surface area (Å²) >= 11 is 0. The van der Waals surface area contributed by atoms with Crippen LogP contribution in [0.15, 0.2) is 84.9 Å². The van der Waals surface area contributed by atoms with Crippen LogP contribution in [0, 0.1) is 0 Å². The maximum Gasteiger partial charge on any atom is 0.273 e. The second kappa shape index (κ2) is 6.12. The van der Waals surface area contributed by atoms with E-state index in [0.29, 0.717) is 0 Å². The van der Waals surface area contributed by atoms with Crippen LogP contribution < -0.4 is 10.4 Å². The van der Waals surface area contributed by atoms with Gasteiger partial charge in [0.2, 0.25) is 10.5 Å². The standard InChI is InChI=1S/C20H14OSi2/c22-21-23(19-13-5-9-15-7-1-3-11-17(15)19)20-14-6-10-16-8-2-4-12-18(16)20/h1-14H. The van der Waals surface area contributed by atoms with Gasteiger partial charge in [0, 0.05) is 0 Å². The molecule has 0 spiro atoms. The third kappa shape index (κ3) is 2.53. The summed E-state index contributed by atoms with van der Waals surface area (Å²) in [7, 11) is 1.99. The molecule has 0 aromatic heterocycles. The molecule has 0 bridgehead atoms. The summed E-state index contributed by atoms with van der Waals surface area (Å²) < 4.78 is 5.85. The lowest BCUT2D eigenvalue weighted by molar-refractivity contribution is 0.662. The predicted octanol–water partition coefficient (Wildman–Crippen LogP) is 3.20. The van der Waals surface area contributed by atoms with Crippen molar-refractivity contribution in [3.8, 4) is 0 Å². The minimum absolute atomic E-state index is 1.25. The smallest absolute Gasteiger partial charge is 0.273 e. The second-order valence-corrected chi connectivity index (χ2v) is 8.04. The first-order chi connectivity index (χ1) is 11.4. The average molecular weight is 327 g/mol. The Morgan fingerprint density at radius 3 is 1.48 bits per heavy atom. The van der Waals surface area contributed by atoms with E-state index >= 15 is 0 Å². The van der Waals surface area contributed by atoms with E-state index in [2.05, 4.69) is 95.4 Å². The van der Waals surface area contributed by atoms with E-state index in [0.717, 1.165) is 0 Å². The van der Waals surface area contributed by atoms with Gasteiger partial charge < -0.3 is 4.12 Å². The Balaban J connectivity index is 1.97. The van der Waals surface area contributed by atoms with Gasteiger partial charge in [0.25, 0.3) is 9.04 Å². The van der Waals surface area contributed by atoms with Crippen molar-refractivity contribution < 1.29 is 4.12 Å². The van der Waals surface area contributed by atoms with Gasteiger partial charge in [-0.3, -0.25) is 0 Å². The van der Waals surface area contributed by atoms with Gasteiger partial charge in [0.1, 0.15) is 0 Å². The number of hydrogen-bond donors (Lipinski definition) is 0. The zero-order chi connectivity index (χ0) is 15.6. The Kier molecular flexibility index (Phi) is 3.83. The first kappa shape index (κ1) is 14.4. The van der Waals surface area contributed by atoms with Crippen molar-refractivity contribution in [1.29, 1.82) is 0 Å². The van der Waals surface area contributed by atoms with Gasteiger partial charge in [-0.1, -0.05) is 84.9 Å². The van der Waals surface area contributed by atoms with Crippen molar-refractivity contribution in [2.75, 3.05) is 0 Å². The topological polar surface area (TPSA) is 9.23 Å². The van der Waals surface area contributed by atoms with Gasteiger partial charge in [0.05, 0.1) is 0 Å². The second-order valence-electron chi connectivity index (χ2n) is 5.48. The van der Waals surface area contributed by atoms with E-state index in [1.165, 1.54) is 31.9 Å². The Morgan fingerprint density at radius 2 is 1.00 bits per heavy atom. The molecule has 0 amide bonds. The monoisotopic (exact) mass is 326 g/mol. The van der Waals surface area contributed by atoms with Crippen molar-refractivity contribution in [2.45, 2.75) is 0 Å². The van der Waals surface area contributed by atoms with E-state index in [9.17, 15) is 0 Å². The molecule has 108 valence electrons. The van der Waals surface area contributed by atoms with Crippen LogP contribution in [0.25, 0.3) is 21.5 Å². The quantitative estimate of drug-likeness (QED) is 0.525. The fourth-order valence-electron chi connectivity index (χ4n) is 3.10. The minimum Gasteiger partial charge on any atom is -0.450 e. The molecule has 0 saturated carbocycles. The summed E-state index contributed by atoms with van der Waals surface area (Å²) in [5.74, 6) is 0. The van der Waals surface area contributed by atoms with E-state index < -0.39 is 9.04 Å². The molecule has 0 fully saturated rings. The molecular weight excluding hydrogens is 312 g/mol. The Morgan fingerprint density at radius 1 is 0.565 bits per heavy atom. The lowest BCUT2D eigenvalue weighted by Crippen LogP contribution is -2.45. The molecule has 3 heteroatoms. The summed E-state index contributed by atoms with van der Waals surface area (Å²) in [6, 6.07) is 29.8. The van der Waals surface area contributed by atoms with E-state index in [1.807, 2.05) is 0 Å². The number of fused-ring (bicyclic) bond motifs is 2. The minimum atomic E-state index is -1.38. The molecule has 1 nitrogen and oxygen atoms in total. The molecular formula is C20H14OSi2. The SMILES string of the molecule is [Si]O[Si](c1cccc2ccccc12)c1cccc2ccccc12. The highest BCUT2D eigenvalue weighted by Gasteiger charge is 2.21. The van der Waals surface area contributed by atoms with Gasteiger partial charge in [-0.25, -0.2) is 0 Å². The third-order valence-electron chi connectivity index (χ3n) is 4.17. The predicted molar refractivity (Wildman–Crippen MR) is 99.8 cm³/mol. The molecule has 0 N–H and O–H groups in total. The highest BCUT2D eigenvalue weighted by molar-refractivity contribution is 6.85. The van der Waals surface area contributed by atoms with Crippen molar-refractivity contribution in [3.63, 3.8) is 0 Å². The number of hydrogen-bond acceptors (Lipinski definition) is 1. The Hall–Kier alpha value is -2.21. The summed E-state index contributed by atoms with van der Waals surface area (Å²) in [6.07, 6.45) is 0. The maximum absolute atomic E-state index is 5.85. The van der Waals surface area contributed by atoms with Crippen LogP contribution in [0.4, 0.5) is 0 Å². The molecule has 23 heavy (non-hydrogen) atoms. The maximum atomic E-state index is 5.85. The summed E-state index contributed by atoms with van der Waals surface area (Å²) in [4.78, 5) is 0. The number of benzene rings is 4. The van der Waals surface area contributed by atoms with Crippen LogP contribution in [0.2, 0.25) is 0 Å². The van der Waals surface area contributed by atoms with E-state index in [1.54, 1.807) is 0 Å². The molecule has 0 aliphatic rings. The molecule has 0 atom stereocenters. The van der Waals surface area contributed by atoms with Crippen LogP contribution >= 0.6 is 0 Å². The summed E-state index contributed by atoms with van der Waals surface area (Å²) in [5, 5.41) is 7.54. The fraction of sp³-hybridized carbons (Fsp3) is 0.